The van der Waals surface area contributed by atoms with Crippen LogP contribution in [0.5, 0.6) is 0 Å². The van der Waals surface area contributed by atoms with Crippen molar-refractivity contribution >= 4 is 24.9 Å². The van der Waals surface area contributed by atoms with Crippen LogP contribution in [0.3, 0.4) is 0 Å². The van der Waals surface area contributed by atoms with Crippen LogP contribution in [-0.2, 0) is 4.74 Å². The summed E-state index contributed by atoms with van der Waals surface area (Å²) in [6.07, 6.45) is -1.58. The van der Waals surface area contributed by atoms with Crippen LogP contribution in [0.4, 0.5) is 4.79 Å². The smallest absolute Gasteiger partial charge is 0.405 e. The number of para-hydroxylation sites is 1. The molecule has 0 saturated carbocycles. The number of aromatic nitrogens is 1. The SMILES string of the molecule is CC(OC(N)=O)c1cc2cccc(C#C[Si](C)(C)C)c2c(=O)n1-c1ccccc1. The molecule has 148 valence electrons. The quantitative estimate of drug-likeness (QED) is 0.520. The van der Waals surface area contributed by atoms with Crippen molar-refractivity contribution in [2.45, 2.75) is 32.7 Å². The maximum absolute atomic E-state index is 13.6. The van der Waals surface area contributed by atoms with E-state index in [9.17, 15) is 9.59 Å². The summed E-state index contributed by atoms with van der Waals surface area (Å²) >= 11 is 0. The standard InChI is InChI=1S/C23H24N2O3Si/c1-16(28-23(24)27)20-15-18-10-8-9-17(13-14-29(2,3)4)21(18)22(26)25(20)19-11-6-5-7-12-19/h5-12,15-16H,1-4H3,(H2,24,27). The molecule has 1 heterocycles. The highest BCUT2D eigenvalue weighted by atomic mass is 28.3. The van der Waals surface area contributed by atoms with Crippen molar-refractivity contribution in [2.75, 3.05) is 0 Å². The van der Waals surface area contributed by atoms with Crippen molar-refractivity contribution in [1.82, 2.24) is 4.57 Å². The van der Waals surface area contributed by atoms with Crippen LogP contribution in [0.1, 0.15) is 24.3 Å². The molecule has 1 unspecified atom stereocenters. The molecular formula is C23H24N2O3Si. The van der Waals surface area contributed by atoms with E-state index in [1.807, 2.05) is 54.6 Å². The largest absolute Gasteiger partial charge is 0.440 e. The number of hydrogen-bond donors (Lipinski definition) is 1. The molecule has 2 N–H and O–H groups in total. The predicted molar refractivity (Wildman–Crippen MR) is 119 cm³/mol. The second kappa shape index (κ2) is 7.98. The Morgan fingerprint density at radius 2 is 1.79 bits per heavy atom. The topological polar surface area (TPSA) is 74.3 Å². The molecule has 0 saturated heterocycles. The van der Waals surface area contributed by atoms with Gasteiger partial charge in [-0.2, -0.15) is 0 Å². The lowest BCUT2D eigenvalue weighted by molar-refractivity contribution is 0.113. The van der Waals surface area contributed by atoms with Crippen LogP contribution in [0.15, 0.2) is 59.4 Å². The molecule has 0 radical (unpaired) electrons. The number of nitrogens with zero attached hydrogens (tertiary/aromatic N) is 1. The third kappa shape index (κ3) is 4.58. The van der Waals surface area contributed by atoms with Crippen molar-refractivity contribution in [1.29, 1.82) is 0 Å². The molecule has 3 rings (SSSR count). The minimum absolute atomic E-state index is 0.205. The molecule has 6 heteroatoms. The van der Waals surface area contributed by atoms with Gasteiger partial charge < -0.3 is 10.5 Å². The highest BCUT2D eigenvalue weighted by molar-refractivity contribution is 6.83. The lowest BCUT2D eigenvalue weighted by Gasteiger charge is -2.20. The zero-order valence-electron chi connectivity index (χ0n) is 17.0. The van der Waals surface area contributed by atoms with Gasteiger partial charge in [-0.05, 0) is 36.6 Å². The van der Waals surface area contributed by atoms with Gasteiger partial charge in [-0.15, -0.1) is 5.54 Å². The molecule has 0 bridgehead atoms. The molecule has 0 aliphatic heterocycles. The Bertz CT molecular complexity index is 1180. The van der Waals surface area contributed by atoms with E-state index in [0.29, 0.717) is 22.3 Å². The van der Waals surface area contributed by atoms with Crippen LogP contribution in [0.25, 0.3) is 16.5 Å². The van der Waals surface area contributed by atoms with Crippen LogP contribution in [-0.4, -0.2) is 18.7 Å². The average molecular weight is 405 g/mol. The van der Waals surface area contributed by atoms with Gasteiger partial charge in [0.2, 0.25) is 0 Å². The maximum Gasteiger partial charge on any atom is 0.405 e. The number of pyridine rings is 1. The number of ether oxygens (including phenoxy) is 1. The third-order valence-electron chi connectivity index (χ3n) is 4.37. The van der Waals surface area contributed by atoms with Crippen LogP contribution >= 0.6 is 0 Å². The van der Waals surface area contributed by atoms with Crippen molar-refractivity contribution in [2.24, 2.45) is 5.73 Å². The van der Waals surface area contributed by atoms with E-state index in [2.05, 4.69) is 31.1 Å². The Labute approximate surface area is 171 Å². The highest BCUT2D eigenvalue weighted by Gasteiger charge is 2.19. The van der Waals surface area contributed by atoms with Gasteiger partial charge in [-0.3, -0.25) is 9.36 Å². The van der Waals surface area contributed by atoms with Crippen LogP contribution in [0, 0.1) is 11.5 Å². The van der Waals surface area contributed by atoms with E-state index in [1.54, 1.807) is 11.5 Å². The van der Waals surface area contributed by atoms with Gasteiger partial charge in [-0.25, -0.2) is 4.79 Å². The Balaban J connectivity index is 2.36. The Morgan fingerprint density at radius 3 is 2.41 bits per heavy atom. The molecule has 1 aromatic heterocycles. The molecule has 2 aromatic carbocycles. The van der Waals surface area contributed by atoms with Crippen molar-refractivity contribution in [3.63, 3.8) is 0 Å². The average Bonchev–Trinajstić information content (AvgIpc) is 2.65. The summed E-state index contributed by atoms with van der Waals surface area (Å²) in [6, 6.07) is 16.7. The first-order valence-electron chi connectivity index (χ1n) is 9.41. The van der Waals surface area contributed by atoms with Gasteiger partial charge in [-0.1, -0.05) is 55.9 Å². The van der Waals surface area contributed by atoms with Gasteiger partial charge in [0.25, 0.3) is 5.56 Å². The van der Waals surface area contributed by atoms with E-state index < -0.39 is 20.3 Å². The third-order valence-corrected chi connectivity index (χ3v) is 5.25. The molecule has 0 aliphatic rings. The molecule has 0 spiro atoms. The molecule has 3 aromatic rings. The van der Waals surface area contributed by atoms with E-state index in [-0.39, 0.29) is 5.56 Å². The maximum atomic E-state index is 13.6. The van der Waals surface area contributed by atoms with Gasteiger partial charge in [0.05, 0.1) is 11.1 Å². The second-order valence-corrected chi connectivity index (χ2v) is 12.6. The number of nitrogens with two attached hydrogens (primary N) is 1. The summed E-state index contributed by atoms with van der Waals surface area (Å²) in [6.45, 7) is 8.18. The fourth-order valence-electron chi connectivity index (χ4n) is 3.12. The summed E-state index contributed by atoms with van der Waals surface area (Å²) in [5.74, 6) is 3.22. The molecule has 0 aliphatic carbocycles. The first-order chi connectivity index (χ1) is 13.7. The normalized spacial score (nSPS) is 12.1. The Hall–Kier alpha value is -3.30. The summed E-state index contributed by atoms with van der Waals surface area (Å²) in [4.78, 5) is 24.9. The van der Waals surface area contributed by atoms with Crippen LogP contribution < -0.4 is 11.3 Å². The summed E-state index contributed by atoms with van der Waals surface area (Å²) in [5, 5.41) is 1.30. The van der Waals surface area contributed by atoms with Gasteiger partial charge in [0.15, 0.2) is 0 Å². The second-order valence-electron chi connectivity index (χ2n) is 7.89. The fourth-order valence-corrected chi connectivity index (χ4v) is 3.63. The van der Waals surface area contributed by atoms with Gasteiger partial charge in [0, 0.05) is 11.3 Å². The summed E-state index contributed by atoms with van der Waals surface area (Å²) < 4.78 is 6.75. The first kappa shape index (κ1) is 20.4. The molecular weight excluding hydrogens is 380 g/mol. The van der Waals surface area contributed by atoms with Crippen molar-refractivity contribution < 1.29 is 9.53 Å². The number of amides is 1. The number of carbonyl (C=O) groups excluding carboxylic acids is 1. The van der Waals surface area contributed by atoms with Gasteiger partial charge in [0.1, 0.15) is 14.2 Å². The van der Waals surface area contributed by atoms with E-state index in [4.69, 9.17) is 10.5 Å². The Morgan fingerprint density at radius 1 is 1.10 bits per heavy atom. The molecule has 29 heavy (non-hydrogen) atoms. The Kier molecular flexibility index (Phi) is 5.62. The van der Waals surface area contributed by atoms with Crippen molar-refractivity contribution in [3.05, 3.63) is 76.2 Å². The molecule has 0 fully saturated rings. The number of primary amides is 1. The highest BCUT2D eigenvalue weighted by Crippen LogP contribution is 2.24. The summed E-state index contributed by atoms with van der Waals surface area (Å²) in [5.41, 5.74) is 10.3. The van der Waals surface area contributed by atoms with E-state index in [0.717, 1.165) is 5.39 Å². The number of carbonyl (C=O) groups is 1. The number of hydrogen-bond acceptors (Lipinski definition) is 3. The van der Waals surface area contributed by atoms with Crippen LogP contribution in [0.2, 0.25) is 19.6 Å². The molecule has 5 nitrogen and oxygen atoms in total. The lowest BCUT2D eigenvalue weighted by Crippen LogP contribution is -2.26. The van der Waals surface area contributed by atoms with Crippen molar-refractivity contribution in [3.8, 4) is 17.2 Å². The lowest BCUT2D eigenvalue weighted by atomic mass is 10.0. The van der Waals surface area contributed by atoms with E-state index in [1.165, 1.54) is 0 Å². The molecule has 1 amide bonds. The van der Waals surface area contributed by atoms with E-state index >= 15 is 0 Å². The summed E-state index contributed by atoms with van der Waals surface area (Å²) in [7, 11) is -1.61. The monoisotopic (exact) mass is 404 g/mol. The minimum atomic E-state index is -1.61. The zero-order valence-corrected chi connectivity index (χ0v) is 18.0. The molecule has 1 atom stereocenters. The number of fused-ring (bicyclic) bond motifs is 1. The predicted octanol–water partition coefficient (Wildman–Crippen LogP) is 4.38. The number of rotatable bonds is 3. The fraction of sp³-hybridized carbons (Fsp3) is 0.217. The van der Waals surface area contributed by atoms with Gasteiger partial charge >= 0.3 is 6.09 Å². The minimum Gasteiger partial charge on any atom is -0.440 e. The first-order valence-corrected chi connectivity index (χ1v) is 12.9. The zero-order chi connectivity index (χ0) is 21.2. The number of benzene rings is 2.